The molecule has 3 rings (SSSR count). The molecule has 1 heterocycles. The summed E-state index contributed by atoms with van der Waals surface area (Å²) in [5.41, 5.74) is 8.86. The predicted octanol–water partition coefficient (Wildman–Crippen LogP) is 1.79. The summed E-state index contributed by atoms with van der Waals surface area (Å²) < 4.78 is 6.32. The molecule has 0 atom stereocenters. The van der Waals surface area contributed by atoms with E-state index in [0.717, 1.165) is 11.0 Å². The minimum absolute atomic E-state index is 0.310. The van der Waals surface area contributed by atoms with Gasteiger partial charge in [0.15, 0.2) is 0 Å². The number of hydrogen-bond acceptors (Lipinski definition) is 5. The van der Waals surface area contributed by atoms with Crippen molar-refractivity contribution >= 4 is 22.7 Å². The second kappa shape index (κ2) is 4.65. The molecule has 0 amide bonds. The average molecular weight is 268 g/mol. The van der Waals surface area contributed by atoms with E-state index in [1.54, 1.807) is 22.9 Å². The highest BCUT2D eigenvalue weighted by Crippen LogP contribution is 2.24. The van der Waals surface area contributed by atoms with Crippen molar-refractivity contribution in [3.63, 3.8) is 0 Å². The van der Waals surface area contributed by atoms with Gasteiger partial charge in [-0.2, -0.15) is 0 Å². The van der Waals surface area contributed by atoms with Crippen LogP contribution in [0.25, 0.3) is 16.7 Å². The number of ether oxygens (including phenoxy) is 1. The molecule has 0 aliphatic rings. The molecule has 0 unspecified atom stereocenters. The quantitative estimate of drug-likeness (QED) is 0.566. The zero-order valence-electron chi connectivity index (χ0n) is 10.8. The molecule has 3 aromatic rings. The summed E-state index contributed by atoms with van der Waals surface area (Å²) in [6.07, 6.45) is 0. The second-order valence-electron chi connectivity index (χ2n) is 4.22. The summed E-state index contributed by atoms with van der Waals surface area (Å²) in [5, 5.41) is 8.16. The molecule has 0 bridgehead atoms. The summed E-state index contributed by atoms with van der Waals surface area (Å²) in [4.78, 5) is 11.7. The standard InChI is InChI=1S/C14H12N4O2/c1-20-14(19)9-5-4-8-12(13(9)15)18-11-7-3-2-6-10(11)16-17-18/h2-8H,15H2,1H3. The van der Waals surface area contributed by atoms with E-state index in [-0.39, 0.29) is 0 Å². The first-order chi connectivity index (χ1) is 9.72. The van der Waals surface area contributed by atoms with Crippen LogP contribution in [0.1, 0.15) is 10.4 Å². The van der Waals surface area contributed by atoms with E-state index >= 15 is 0 Å². The van der Waals surface area contributed by atoms with E-state index in [9.17, 15) is 4.79 Å². The smallest absolute Gasteiger partial charge is 0.340 e. The molecule has 0 saturated carbocycles. The first kappa shape index (κ1) is 12.2. The van der Waals surface area contributed by atoms with Gasteiger partial charge in [-0.05, 0) is 24.3 Å². The highest BCUT2D eigenvalue weighted by molar-refractivity contribution is 5.97. The van der Waals surface area contributed by atoms with Gasteiger partial charge in [-0.1, -0.05) is 23.4 Å². The van der Waals surface area contributed by atoms with Gasteiger partial charge in [0.05, 0.1) is 29.6 Å². The van der Waals surface area contributed by atoms with E-state index in [1.807, 2.05) is 24.3 Å². The van der Waals surface area contributed by atoms with Crippen LogP contribution in [0.15, 0.2) is 42.5 Å². The number of benzene rings is 2. The number of methoxy groups -OCH3 is 1. The number of aromatic nitrogens is 3. The Morgan fingerprint density at radius 1 is 1.20 bits per heavy atom. The van der Waals surface area contributed by atoms with Crippen LogP contribution in [0, 0.1) is 0 Å². The van der Waals surface area contributed by atoms with Crippen LogP contribution in [-0.4, -0.2) is 28.1 Å². The molecule has 2 aromatic carbocycles. The SMILES string of the molecule is COC(=O)c1cccc(-n2nnc3ccccc32)c1N. The molecule has 0 saturated heterocycles. The number of fused-ring (bicyclic) bond motifs is 1. The molecular weight excluding hydrogens is 256 g/mol. The van der Waals surface area contributed by atoms with E-state index in [4.69, 9.17) is 10.5 Å². The summed E-state index contributed by atoms with van der Waals surface area (Å²) in [7, 11) is 1.32. The van der Waals surface area contributed by atoms with Crippen LogP contribution in [0.3, 0.4) is 0 Å². The molecule has 0 aliphatic carbocycles. The van der Waals surface area contributed by atoms with Crippen molar-refractivity contribution in [3.05, 3.63) is 48.0 Å². The molecule has 6 heteroatoms. The van der Waals surface area contributed by atoms with Crippen LogP contribution in [0.4, 0.5) is 5.69 Å². The molecule has 0 aliphatic heterocycles. The zero-order chi connectivity index (χ0) is 14.1. The molecule has 0 radical (unpaired) electrons. The summed E-state index contributed by atoms with van der Waals surface area (Å²) in [5.74, 6) is -0.478. The van der Waals surface area contributed by atoms with Gasteiger partial charge in [-0.25, -0.2) is 9.48 Å². The summed E-state index contributed by atoms with van der Waals surface area (Å²) >= 11 is 0. The van der Waals surface area contributed by atoms with E-state index in [1.165, 1.54) is 7.11 Å². The molecular formula is C14H12N4O2. The fourth-order valence-electron chi connectivity index (χ4n) is 2.07. The fraction of sp³-hybridized carbons (Fsp3) is 0.0714. The number of nitrogens with zero attached hydrogens (tertiary/aromatic N) is 3. The van der Waals surface area contributed by atoms with E-state index < -0.39 is 5.97 Å². The van der Waals surface area contributed by atoms with Gasteiger partial charge < -0.3 is 10.5 Å². The summed E-state index contributed by atoms with van der Waals surface area (Å²) in [6.45, 7) is 0. The third kappa shape index (κ3) is 1.78. The van der Waals surface area contributed by atoms with Crippen molar-refractivity contribution < 1.29 is 9.53 Å². The Bertz CT molecular complexity index is 795. The van der Waals surface area contributed by atoms with Crippen molar-refractivity contribution in [2.45, 2.75) is 0 Å². The van der Waals surface area contributed by atoms with Gasteiger partial charge in [0.1, 0.15) is 5.52 Å². The number of carbonyl (C=O) groups excluding carboxylic acids is 1. The Balaban J connectivity index is 2.22. The molecule has 6 nitrogen and oxygen atoms in total. The van der Waals surface area contributed by atoms with Crippen molar-refractivity contribution in [2.75, 3.05) is 12.8 Å². The molecule has 1 aromatic heterocycles. The second-order valence-corrected chi connectivity index (χ2v) is 4.22. The number of hydrogen-bond donors (Lipinski definition) is 1. The Hall–Kier alpha value is -2.89. The maximum Gasteiger partial charge on any atom is 0.340 e. The number of para-hydroxylation sites is 2. The van der Waals surface area contributed by atoms with Gasteiger partial charge in [-0.15, -0.1) is 5.10 Å². The van der Waals surface area contributed by atoms with Gasteiger partial charge in [0.2, 0.25) is 0 Å². The first-order valence-electron chi connectivity index (χ1n) is 6.00. The number of esters is 1. The number of nitrogen functional groups attached to an aromatic ring is 1. The van der Waals surface area contributed by atoms with Crippen molar-refractivity contribution in [3.8, 4) is 5.69 Å². The normalized spacial score (nSPS) is 10.7. The minimum atomic E-state index is -0.478. The maximum absolute atomic E-state index is 11.7. The number of anilines is 1. The third-order valence-corrected chi connectivity index (χ3v) is 3.07. The van der Waals surface area contributed by atoms with E-state index in [0.29, 0.717) is 16.9 Å². The highest BCUT2D eigenvalue weighted by atomic mass is 16.5. The Morgan fingerprint density at radius 3 is 2.80 bits per heavy atom. The van der Waals surface area contributed by atoms with Crippen molar-refractivity contribution in [1.29, 1.82) is 0 Å². The topological polar surface area (TPSA) is 83.0 Å². The van der Waals surface area contributed by atoms with Crippen molar-refractivity contribution in [2.24, 2.45) is 0 Å². The van der Waals surface area contributed by atoms with Crippen molar-refractivity contribution in [1.82, 2.24) is 15.0 Å². The Morgan fingerprint density at radius 2 is 2.00 bits per heavy atom. The zero-order valence-corrected chi connectivity index (χ0v) is 10.8. The minimum Gasteiger partial charge on any atom is -0.465 e. The lowest BCUT2D eigenvalue weighted by Gasteiger charge is -2.09. The van der Waals surface area contributed by atoms with Gasteiger partial charge in [0, 0.05) is 0 Å². The summed E-state index contributed by atoms with van der Waals surface area (Å²) in [6, 6.07) is 12.7. The van der Waals surface area contributed by atoms with Crippen LogP contribution in [0.2, 0.25) is 0 Å². The van der Waals surface area contributed by atoms with Gasteiger partial charge in [-0.3, -0.25) is 0 Å². The molecule has 100 valence electrons. The Kier molecular flexibility index (Phi) is 2.83. The highest BCUT2D eigenvalue weighted by Gasteiger charge is 2.15. The monoisotopic (exact) mass is 268 g/mol. The van der Waals surface area contributed by atoms with E-state index in [2.05, 4.69) is 10.3 Å². The lowest BCUT2D eigenvalue weighted by Crippen LogP contribution is -2.09. The molecule has 2 N–H and O–H groups in total. The molecule has 20 heavy (non-hydrogen) atoms. The van der Waals surface area contributed by atoms with Crippen LogP contribution >= 0.6 is 0 Å². The number of rotatable bonds is 2. The van der Waals surface area contributed by atoms with Gasteiger partial charge >= 0.3 is 5.97 Å². The number of nitrogens with two attached hydrogens (primary N) is 1. The van der Waals surface area contributed by atoms with Crippen LogP contribution < -0.4 is 5.73 Å². The third-order valence-electron chi connectivity index (χ3n) is 3.07. The lowest BCUT2D eigenvalue weighted by molar-refractivity contribution is 0.0602. The average Bonchev–Trinajstić information content (AvgIpc) is 2.90. The fourth-order valence-corrected chi connectivity index (χ4v) is 2.07. The molecule has 0 fully saturated rings. The van der Waals surface area contributed by atoms with Gasteiger partial charge in [0.25, 0.3) is 0 Å². The molecule has 0 spiro atoms. The first-order valence-corrected chi connectivity index (χ1v) is 6.00. The largest absolute Gasteiger partial charge is 0.465 e. The lowest BCUT2D eigenvalue weighted by atomic mass is 10.1. The number of carbonyl (C=O) groups is 1. The maximum atomic E-state index is 11.7. The van der Waals surface area contributed by atoms with Crippen LogP contribution in [-0.2, 0) is 4.74 Å². The Labute approximate surface area is 114 Å². The predicted molar refractivity (Wildman–Crippen MR) is 74.6 cm³/mol. The van der Waals surface area contributed by atoms with Crippen LogP contribution in [0.5, 0.6) is 0 Å².